The summed E-state index contributed by atoms with van der Waals surface area (Å²) in [6.45, 7) is 9.22. The van der Waals surface area contributed by atoms with Crippen LogP contribution in [-0.4, -0.2) is 36.2 Å². The molecule has 0 unspecified atom stereocenters. The Hall–Kier alpha value is -1.06. The van der Waals surface area contributed by atoms with Gasteiger partial charge in [0, 0.05) is 38.3 Å². The van der Waals surface area contributed by atoms with Gasteiger partial charge in [-0.3, -0.25) is 4.90 Å². The molecule has 3 nitrogen and oxygen atoms in total. The molecule has 0 amide bonds. The van der Waals surface area contributed by atoms with Gasteiger partial charge >= 0.3 is 0 Å². The Bertz CT molecular complexity index is 384. The largest absolute Gasteiger partial charge is 0.507 e. The van der Waals surface area contributed by atoms with Gasteiger partial charge in [-0.25, -0.2) is 0 Å². The smallest absolute Gasteiger partial charge is 0.122 e. The fourth-order valence-electron chi connectivity index (χ4n) is 2.37. The van der Waals surface area contributed by atoms with Crippen molar-refractivity contribution in [3.63, 3.8) is 0 Å². The average molecular weight is 234 g/mol. The van der Waals surface area contributed by atoms with E-state index in [2.05, 4.69) is 29.3 Å². The van der Waals surface area contributed by atoms with Crippen LogP contribution in [-0.2, 0) is 13.0 Å². The highest BCUT2D eigenvalue weighted by atomic mass is 16.3. The van der Waals surface area contributed by atoms with Crippen molar-refractivity contribution in [2.75, 3.05) is 26.2 Å². The molecule has 1 aliphatic heterocycles. The Morgan fingerprint density at radius 3 is 2.65 bits per heavy atom. The van der Waals surface area contributed by atoms with E-state index in [-0.39, 0.29) is 0 Å². The van der Waals surface area contributed by atoms with E-state index in [1.807, 2.05) is 6.92 Å². The maximum absolute atomic E-state index is 10.1. The highest BCUT2D eigenvalue weighted by Gasteiger charge is 2.13. The molecule has 1 fully saturated rings. The van der Waals surface area contributed by atoms with Gasteiger partial charge < -0.3 is 10.4 Å². The molecule has 94 valence electrons. The highest BCUT2D eigenvalue weighted by molar-refractivity contribution is 5.43. The molecule has 1 saturated heterocycles. The molecule has 1 aromatic carbocycles. The lowest BCUT2D eigenvalue weighted by Crippen LogP contribution is -2.42. The standard InChI is InChI=1S/C14H22N2O/c1-3-12-8-11(2)14(17)13(9-12)10-16-6-4-15-5-7-16/h8-9,15,17H,3-7,10H2,1-2H3. The zero-order valence-electron chi connectivity index (χ0n) is 10.8. The molecule has 0 atom stereocenters. The summed E-state index contributed by atoms with van der Waals surface area (Å²) in [5, 5.41) is 13.5. The summed E-state index contributed by atoms with van der Waals surface area (Å²) < 4.78 is 0. The van der Waals surface area contributed by atoms with Crippen LogP contribution in [0.3, 0.4) is 0 Å². The van der Waals surface area contributed by atoms with E-state index in [0.29, 0.717) is 5.75 Å². The van der Waals surface area contributed by atoms with Crippen molar-refractivity contribution in [1.82, 2.24) is 10.2 Å². The second-order valence-corrected chi connectivity index (χ2v) is 4.80. The van der Waals surface area contributed by atoms with Crippen LogP contribution in [0, 0.1) is 6.92 Å². The minimum absolute atomic E-state index is 0.473. The minimum Gasteiger partial charge on any atom is -0.507 e. The molecule has 0 radical (unpaired) electrons. The van der Waals surface area contributed by atoms with E-state index in [1.165, 1.54) is 5.56 Å². The lowest BCUT2D eigenvalue weighted by molar-refractivity contribution is 0.230. The molecule has 0 aromatic heterocycles. The first kappa shape index (κ1) is 12.4. The quantitative estimate of drug-likeness (QED) is 0.835. The van der Waals surface area contributed by atoms with Gasteiger partial charge in [-0.15, -0.1) is 0 Å². The molecule has 0 bridgehead atoms. The lowest BCUT2D eigenvalue weighted by atomic mass is 10.0. The van der Waals surface area contributed by atoms with Gasteiger partial charge in [0.05, 0.1) is 0 Å². The average Bonchev–Trinajstić information content (AvgIpc) is 2.36. The van der Waals surface area contributed by atoms with Crippen molar-refractivity contribution in [3.8, 4) is 5.75 Å². The first-order valence-electron chi connectivity index (χ1n) is 6.45. The molecule has 2 N–H and O–H groups in total. The molecule has 1 heterocycles. The fraction of sp³-hybridized carbons (Fsp3) is 0.571. The van der Waals surface area contributed by atoms with Crippen molar-refractivity contribution in [3.05, 3.63) is 28.8 Å². The van der Waals surface area contributed by atoms with Crippen LogP contribution >= 0.6 is 0 Å². The van der Waals surface area contributed by atoms with E-state index in [0.717, 1.165) is 50.3 Å². The third-order valence-electron chi connectivity index (χ3n) is 3.45. The summed E-state index contributed by atoms with van der Waals surface area (Å²) in [6.07, 6.45) is 1.02. The number of aryl methyl sites for hydroxylation is 2. The molecule has 3 heteroatoms. The Morgan fingerprint density at radius 1 is 1.29 bits per heavy atom. The number of rotatable bonds is 3. The van der Waals surface area contributed by atoms with Gasteiger partial charge in [-0.1, -0.05) is 19.1 Å². The zero-order chi connectivity index (χ0) is 12.3. The Kier molecular flexibility index (Phi) is 4.02. The van der Waals surface area contributed by atoms with Gasteiger partial charge in [0.2, 0.25) is 0 Å². The molecule has 0 saturated carbocycles. The van der Waals surface area contributed by atoms with Crippen molar-refractivity contribution >= 4 is 0 Å². The molecular formula is C14H22N2O. The summed E-state index contributed by atoms with van der Waals surface area (Å²) >= 11 is 0. The number of nitrogens with zero attached hydrogens (tertiary/aromatic N) is 1. The van der Waals surface area contributed by atoms with Crippen LogP contribution in [0.1, 0.15) is 23.6 Å². The Labute approximate surface area is 103 Å². The summed E-state index contributed by atoms with van der Waals surface area (Å²) in [4.78, 5) is 2.39. The SMILES string of the molecule is CCc1cc(C)c(O)c(CN2CCNCC2)c1. The lowest BCUT2D eigenvalue weighted by Gasteiger charge is -2.27. The summed E-state index contributed by atoms with van der Waals surface area (Å²) in [6, 6.07) is 4.22. The first-order valence-corrected chi connectivity index (χ1v) is 6.45. The van der Waals surface area contributed by atoms with E-state index in [4.69, 9.17) is 0 Å². The van der Waals surface area contributed by atoms with Gasteiger partial charge in [0.15, 0.2) is 0 Å². The molecule has 0 aliphatic carbocycles. The molecule has 17 heavy (non-hydrogen) atoms. The van der Waals surface area contributed by atoms with Crippen LogP contribution in [0.4, 0.5) is 0 Å². The normalized spacial score (nSPS) is 17.3. The van der Waals surface area contributed by atoms with Crippen molar-refractivity contribution in [2.24, 2.45) is 0 Å². The number of benzene rings is 1. The summed E-state index contributed by atoms with van der Waals surface area (Å²) in [5.41, 5.74) is 3.38. The molecule has 2 rings (SSSR count). The summed E-state index contributed by atoms with van der Waals surface area (Å²) in [5.74, 6) is 0.473. The Morgan fingerprint density at radius 2 is 2.00 bits per heavy atom. The molecule has 0 spiro atoms. The van der Waals surface area contributed by atoms with Crippen LogP contribution in [0.25, 0.3) is 0 Å². The van der Waals surface area contributed by atoms with Crippen LogP contribution in [0.15, 0.2) is 12.1 Å². The zero-order valence-corrected chi connectivity index (χ0v) is 10.8. The van der Waals surface area contributed by atoms with E-state index >= 15 is 0 Å². The molecule has 1 aromatic rings. The topological polar surface area (TPSA) is 35.5 Å². The van der Waals surface area contributed by atoms with Gasteiger partial charge in [-0.05, 0) is 24.5 Å². The van der Waals surface area contributed by atoms with Crippen molar-refractivity contribution in [2.45, 2.75) is 26.8 Å². The van der Waals surface area contributed by atoms with Crippen molar-refractivity contribution in [1.29, 1.82) is 0 Å². The maximum atomic E-state index is 10.1. The third-order valence-corrected chi connectivity index (χ3v) is 3.45. The monoisotopic (exact) mass is 234 g/mol. The van der Waals surface area contributed by atoms with E-state index in [9.17, 15) is 5.11 Å². The number of piperazine rings is 1. The van der Waals surface area contributed by atoms with E-state index < -0.39 is 0 Å². The third kappa shape index (κ3) is 2.99. The van der Waals surface area contributed by atoms with Crippen LogP contribution in [0.5, 0.6) is 5.75 Å². The Balaban J connectivity index is 2.15. The molecule has 1 aliphatic rings. The number of hydrogen-bond donors (Lipinski definition) is 2. The number of phenols is 1. The van der Waals surface area contributed by atoms with Gasteiger partial charge in [-0.2, -0.15) is 0 Å². The second-order valence-electron chi connectivity index (χ2n) is 4.80. The first-order chi connectivity index (χ1) is 8.20. The van der Waals surface area contributed by atoms with Crippen LogP contribution in [0.2, 0.25) is 0 Å². The maximum Gasteiger partial charge on any atom is 0.122 e. The summed E-state index contributed by atoms with van der Waals surface area (Å²) in [7, 11) is 0. The number of hydrogen-bond acceptors (Lipinski definition) is 3. The number of nitrogens with one attached hydrogen (secondary N) is 1. The van der Waals surface area contributed by atoms with Gasteiger partial charge in [0.25, 0.3) is 0 Å². The number of aromatic hydroxyl groups is 1. The van der Waals surface area contributed by atoms with Crippen LogP contribution < -0.4 is 5.32 Å². The van der Waals surface area contributed by atoms with E-state index in [1.54, 1.807) is 0 Å². The predicted molar refractivity (Wildman–Crippen MR) is 70.4 cm³/mol. The minimum atomic E-state index is 0.473. The van der Waals surface area contributed by atoms with Gasteiger partial charge in [0.1, 0.15) is 5.75 Å². The fourth-order valence-corrected chi connectivity index (χ4v) is 2.37. The highest BCUT2D eigenvalue weighted by Crippen LogP contribution is 2.25. The predicted octanol–water partition coefficient (Wildman–Crippen LogP) is 1.67. The van der Waals surface area contributed by atoms with Crippen molar-refractivity contribution < 1.29 is 5.11 Å². The molecular weight excluding hydrogens is 212 g/mol. The number of phenolic OH excluding ortho intramolecular Hbond substituents is 1. The second kappa shape index (κ2) is 5.52.